The number of carbonyl (C=O) groups excluding carboxylic acids is 2. The molecule has 0 saturated carbocycles. The van der Waals surface area contributed by atoms with Crippen LogP contribution in [-0.2, 0) is 9.59 Å². The molecule has 3 heterocycles. The molecule has 1 aliphatic carbocycles. The lowest BCUT2D eigenvalue weighted by molar-refractivity contribution is -0.122. The number of carbonyl (C=O) groups is 2. The average Bonchev–Trinajstić information content (AvgIpc) is 3.42. The third-order valence-electron chi connectivity index (χ3n) is 7.16. The van der Waals surface area contributed by atoms with Gasteiger partial charge < -0.3 is 10.1 Å². The molecule has 2 amide bonds. The van der Waals surface area contributed by atoms with E-state index in [1.54, 1.807) is 23.9 Å². The van der Waals surface area contributed by atoms with Gasteiger partial charge in [-0.15, -0.1) is 5.10 Å². The topological polar surface area (TPSA) is 89.4 Å². The number of benzene rings is 2. The predicted molar refractivity (Wildman–Crippen MR) is 126 cm³/mol. The van der Waals surface area contributed by atoms with Crippen LogP contribution in [0.2, 0.25) is 0 Å². The van der Waals surface area contributed by atoms with E-state index in [0.29, 0.717) is 25.2 Å². The fourth-order valence-corrected chi connectivity index (χ4v) is 5.28. The summed E-state index contributed by atoms with van der Waals surface area (Å²) in [6, 6.07) is 13.7. The number of fused-ring (bicyclic) bond motifs is 2. The zero-order chi connectivity index (χ0) is 24.1. The van der Waals surface area contributed by atoms with E-state index in [0.717, 1.165) is 21.8 Å². The maximum atomic E-state index is 13.7. The van der Waals surface area contributed by atoms with Crippen LogP contribution in [0.3, 0.4) is 0 Å². The average molecular weight is 474 g/mol. The fraction of sp³-hybridized carbons (Fsp3) is 0.308. The highest BCUT2D eigenvalue weighted by atomic mass is 19.1. The van der Waals surface area contributed by atoms with Crippen LogP contribution in [0, 0.1) is 17.7 Å². The van der Waals surface area contributed by atoms with Crippen LogP contribution in [-0.4, -0.2) is 33.7 Å². The van der Waals surface area contributed by atoms with Crippen LogP contribution < -0.4 is 15.0 Å². The Morgan fingerprint density at radius 2 is 1.57 bits per heavy atom. The van der Waals surface area contributed by atoms with Crippen molar-refractivity contribution in [3.8, 4) is 5.75 Å². The number of aromatic nitrogens is 3. The summed E-state index contributed by atoms with van der Waals surface area (Å²) in [5.41, 5.74) is 1.89. The van der Waals surface area contributed by atoms with E-state index in [1.807, 2.05) is 36.4 Å². The molecule has 35 heavy (non-hydrogen) atoms. The first-order valence-corrected chi connectivity index (χ1v) is 11.7. The summed E-state index contributed by atoms with van der Waals surface area (Å²) in [6.45, 7) is 0. The maximum Gasteiger partial charge on any atom is 0.260 e. The Hall–Kier alpha value is -4.01. The second-order valence-electron chi connectivity index (χ2n) is 9.12. The summed E-state index contributed by atoms with van der Waals surface area (Å²) >= 11 is 0. The smallest absolute Gasteiger partial charge is 0.260 e. The molecular formula is C26H24FN5O3. The Morgan fingerprint density at radius 1 is 0.943 bits per heavy atom. The number of imide groups is 1. The lowest BCUT2D eigenvalue weighted by atomic mass is 9.85. The van der Waals surface area contributed by atoms with Gasteiger partial charge >= 0.3 is 0 Å². The quantitative estimate of drug-likeness (QED) is 0.455. The summed E-state index contributed by atoms with van der Waals surface area (Å²) in [7, 11) is 1.62. The fourth-order valence-electron chi connectivity index (χ4n) is 5.28. The van der Waals surface area contributed by atoms with Crippen LogP contribution in [0.4, 0.5) is 16.3 Å². The van der Waals surface area contributed by atoms with Crippen LogP contribution in [0.25, 0.3) is 0 Å². The first-order valence-electron chi connectivity index (χ1n) is 11.7. The first-order chi connectivity index (χ1) is 17.0. The number of hydrogen-bond acceptors (Lipinski definition) is 6. The SMILES string of the molecule is COc1ccc([C@@H]2C[C@@H](c3ccc(F)cc3)n3nc(N4C(=O)[C@H]5CC=CC[C@@H]5C4=O)nc3N2)cc1. The second-order valence-corrected chi connectivity index (χ2v) is 9.12. The Balaban J connectivity index is 1.39. The number of halogens is 1. The molecule has 1 saturated heterocycles. The molecule has 1 N–H and O–H groups in total. The summed E-state index contributed by atoms with van der Waals surface area (Å²) in [5, 5.41) is 8.03. The van der Waals surface area contributed by atoms with Crippen molar-refractivity contribution in [3.05, 3.63) is 77.6 Å². The maximum absolute atomic E-state index is 13.7. The van der Waals surface area contributed by atoms with Gasteiger partial charge in [0.2, 0.25) is 17.8 Å². The van der Waals surface area contributed by atoms with Crippen molar-refractivity contribution >= 4 is 23.7 Å². The summed E-state index contributed by atoms with van der Waals surface area (Å²) in [5.74, 6) is -0.253. The van der Waals surface area contributed by atoms with Crippen LogP contribution in [0.15, 0.2) is 60.7 Å². The Bertz CT molecular complexity index is 1290. The third-order valence-corrected chi connectivity index (χ3v) is 7.16. The molecule has 178 valence electrons. The summed E-state index contributed by atoms with van der Waals surface area (Å²) in [6.07, 6.45) is 5.62. The van der Waals surface area contributed by atoms with Gasteiger partial charge in [-0.3, -0.25) is 9.59 Å². The highest BCUT2D eigenvalue weighted by Gasteiger charge is 2.50. The predicted octanol–water partition coefficient (Wildman–Crippen LogP) is 4.03. The standard InChI is InChI=1S/C26H24FN5O3/c1-35-18-12-8-15(9-13-18)21-14-22(16-6-10-17(27)11-7-16)32-25(28-21)29-26(30-32)31-23(33)19-4-2-3-5-20(19)24(31)34/h2-3,6-13,19-22H,4-5,14H2,1H3,(H,28,29,30)/t19-,20-,21-,22-/m0/s1. The minimum atomic E-state index is -0.360. The van der Waals surface area contributed by atoms with Crippen molar-refractivity contribution < 1.29 is 18.7 Å². The minimum Gasteiger partial charge on any atom is -0.497 e. The Morgan fingerprint density at radius 3 is 2.20 bits per heavy atom. The molecule has 8 nitrogen and oxygen atoms in total. The molecule has 2 aromatic carbocycles. The lowest BCUT2D eigenvalue weighted by Gasteiger charge is -2.31. The number of anilines is 2. The number of ether oxygens (including phenoxy) is 1. The number of amides is 2. The first kappa shape index (κ1) is 21.5. The van der Waals surface area contributed by atoms with E-state index >= 15 is 0 Å². The molecule has 0 radical (unpaired) electrons. The number of nitrogens with one attached hydrogen (secondary N) is 1. The number of rotatable bonds is 4. The number of hydrogen-bond donors (Lipinski definition) is 1. The molecule has 0 unspecified atom stereocenters. The van der Waals surface area contributed by atoms with Crippen molar-refractivity contribution in [2.24, 2.45) is 11.8 Å². The molecule has 1 fully saturated rings. The van der Waals surface area contributed by atoms with Crippen molar-refractivity contribution in [3.63, 3.8) is 0 Å². The monoisotopic (exact) mass is 473 g/mol. The highest BCUT2D eigenvalue weighted by molar-refractivity contribution is 6.21. The molecule has 0 bridgehead atoms. The second kappa shape index (κ2) is 8.33. The van der Waals surface area contributed by atoms with Crippen molar-refractivity contribution in [2.45, 2.75) is 31.3 Å². The summed E-state index contributed by atoms with van der Waals surface area (Å²) < 4.78 is 20.6. The molecule has 0 spiro atoms. The van der Waals surface area contributed by atoms with E-state index in [1.165, 1.54) is 12.1 Å². The molecule has 6 rings (SSSR count). The Labute approximate surface area is 201 Å². The number of allylic oxidation sites excluding steroid dienone is 2. The van der Waals surface area contributed by atoms with Crippen LogP contribution in [0.1, 0.15) is 42.5 Å². The molecule has 1 aromatic heterocycles. The van der Waals surface area contributed by atoms with Gasteiger partial charge in [0.1, 0.15) is 11.6 Å². The van der Waals surface area contributed by atoms with E-state index in [9.17, 15) is 14.0 Å². The molecule has 4 atom stereocenters. The summed E-state index contributed by atoms with van der Waals surface area (Å²) in [4.78, 5) is 32.0. The van der Waals surface area contributed by atoms with Crippen molar-refractivity contribution in [1.82, 2.24) is 14.8 Å². The van der Waals surface area contributed by atoms with Crippen molar-refractivity contribution in [2.75, 3.05) is 17.3 Å². The van der Waals surface area contributed by atoms with Crippen LogP contribution >= 0.6 is 0 Å². The van der Waals surface area contributed by atoms with Gasteiger partial charge in [0, 0.05) is 0 Å². The van der Waals surface area contributed by atoms with Gasteiger partial charge in [-0.2, -0.15) is 4.98 Å². The van der Waals surface area contributed by atoms with E-state index in [-0.39, 0.29) is 47.5 Å². The van der Waals surface area contributed by atoms with Crippen LogP contribution in [0.5, 0.6) is 5.75 Å². The third kappa shape index (κ3) is 3.58. The molecule has 9 heteroatoms. The molecular weight excluding hydrogens is 449 g/mol. The van der Waals surface area contributed by atoms with Gasteiger partial charge in [0.15, 0.2) is 0 Å². The van der Waals surface area contributed by atoms with Gasteiger partial charge in [0.25, 0.3) is 5.95 Å². The largest absolute Gasteiger partial charge is 0.497 e. The van der Waals surface area contributed by atoms with Gasteiger partial charge in [0.05, 0.1) is 31.0 Å². The highest BCUT2D eigenvalue weighted by Crippen LogP contribution is 2.41. The number of nitrogens with zero attached hydrogens (tertiary/aromatic N) is 4. The molecule has 3 aliphatic rings. The van der Waals surface area contributed by atoms with Gasteiger partial charge in [-0.05, 0) is 54.7 Å². The Kier molecular flexibility index (Phi) is 5.12. The molecule has 2 aliphatic heterocycles. The van der Waals surface area contributed by atoms with E-state index in [4.69, 9.17) is 4.74 Å². The minimum absolute atomic E-state index is 0.0828. The van der Waals surface area contributed by atoms with Gasteiger partial charge in [-0.25, -0.2) is 14.0 Å². The zero-order valence-corrected chi connectivity index (χ0v) is 19.1. The lowest BCUT2D eigenvalue weighted by Crippen LogP contribution is -2.32. The van der Waals surface area contributed by atoms with Crippen molar-refractivity contribution in [1.29, 1.82) is 0 Å². The zero-order valence-electron chi connectivity index (χ0n) is 19.1. The van der Waals surface area contributed by atoms with E-state index in [2.05, 4.69) is 15.4 Å². The molecule has 3 aromatic rings. The normalized spacial score (nSPS) is 25.3. The number of methoxy groups -OCH3 is 1. The van der Waals surface area contributed by atoms with Gasteiger partial charge in [-0.1, -0.05) is 36.4 Å². The van der Waals surface area contributed by atoms with E-state index < -0.39 is 0 Å².